The van der Waals surface area contributed by atoms with Gasteiger partial charge in [0.1, 0.15) is 0 Å². The molecule has 1 N–H and O–H groups in total. The van der Waals surface area contributed by atoms with Crippen molar-refractivity contribution in [2.75, 3.05) is 20.2 Å². The van der Waals surface area contributed by atoms with Crippen LogP contribution in [0.2, 0.25) is 0 Å². The normalized spacial score (nSPS) is 20.2. The zero-order chi connectivity index (χ0) is 15.1. The molecule has 0 aliphatic carbocycles. The Hall–Kier alpha value is -1.10. The highest BCUT2D eigenvalue weighted by Gasteiger charge is 2.30. The molecule has 1 fully saturated rings. The number of ether oxygens (including phenoxy) is 1. The average Bonchev–Trinajstić information content (AvgIpc) is 2.46. The van der Waals surface area contributed by atoms with Crippen LogP contribution in [0.25, 0.3) is 0 Å². The van der Waals surface area contributed by atoms with Crippen LogP contribution >= 0.6 is 0 Å². The predicted molar refractivity (Wildman–Crippen MR) is 78.3 cm³/mol. The third-order valence-electron chi connectivity index (χ3n) is 4.10. The summed E-state index contributed by atoms with van der Waals surface area (Å²) in [6.07, 6.45) is 3.62. The van der Waals surface area contributed by atoms with Crippen molar-refractivity contribution >= 4 is 11.9 Å². The average molecular weight is 284 g/mol. The second-order valence-electron chi connectivity index (χ2n) is 5.71. The molecule has 5 heteroatoms. The summed E-state index contributed by atoms with van der Waals surface area (Å²) >= 11 is 0. The van der Waals surface area contributed by atoms with E-state index in [1.54, 1.807) is 0 Å². The van der Waals surface area contributed by atoms with Crippen LogP contribution in [0.5, 0.6) is 0 Å². The number of hydrogen-bond acceptors (Lipinski definition) is 4. The van der Waals surface area contributed by atoms with E-state index >= 15 is 0 Å². The molecule has 0 aromatic heterocycles. The molecule has 1 rings (SSSR count). The van der Waals surface area contributed by atoms with Gasteiger partial charge in [0.05, 0.1) is 19.1 Å². The monoisotopic (exact) mass is 284 g/mol. The van der Waals surface area contributed by atoms with E-state index in [0.29, 0.717) is 0 Å². The summed E-state index contributed by atoms with van der Waals surface area (Å²) in [4.78, 5) is 25.8. The molecule has 1 aliphatic rings. The van der Waals surface area contributed by atoms with E-state index in [9.17, 15) is 9.59 Å². The van der Waals surface area contributed by atoms with Gasteiger partial charge in [-0.3, -0.25) is 14.5 Å². The molecular formula is C15H28N2O3. The Bertz CT molecular complexity index is 325. The van der Waals surface area contributed by atoms with Crippen LogP contribution in [0.1, 0.15) is 46.5 Å². The first kappa shape index (κ1) is 17.0. The lowest BCUT2D eigenvalue weighted by Crippen LogP contribution is -2.50. The topological polar surface area (TPSA) is 58.6 Å². The molecule has 116 valence electrons. The lowest BCUT2D eigenvalue weighted by atomic mass is 9.96. The van der Waals surface area contributed by atoms with E-state index in [2.05, 4.69) is 17.1 Å². The standard InChI is InChI=1S/C15H28N2O3/c1-5-6-11(2)16-14(18)12(3)17-9-7-13(8-10-17)15(19)20-4/h11-13H,5-10H2,1-4H3,(H,16,18). The SMILES string of the molecule is CCCC(C)NC(=O)C(C)N1CCC(C(=O)OC)CC1. The summed E-state index contributed by atoms with van der Waals surface area (Å²) in [6, 6.07) is 0.0930. The highest BCUT2D eigenvalue weighted by atomic mass is 16.5. The van der Waals surface area contributed by atoms with Crippen molar-refractivity contribution in [2.45, 2.75) is 58.5 Å². The van der Waals surface area contributed by atoms with Gasteiger partial charge in [-0.15, -0.1) is 0 Å². The highest BCUT2D eigenvalue weighted by Crippen LogP contribution is 2.20. The van der Waals surface area contributed by atoms with Crippen molar-refractivity contribution in [1.29, 1.82) is 0 Å². The minimum absolute atomic E-state index is 0.00877. The Kier molecular flexibility index (Phi) is 6.99. The molecule has 5 nitrogen and oxygen atoms in total. The van der Waals surface area contributed by atoms with Crippen LogP contribution in [0, 0.1) is 5.92 Å². The number of likely N-dealkylation sites (tertiary alicyclic amines) is 1. The fraction of sp³-hybridized carbons (Fsp3) is 0.867. The number of methoxy groups -OCH3 is 1. The van der Waals surface area contributed by atoms with Crippen molar-refractivity contribution in [3.63, 3.8) is 0 Å². The molecule has 0 aromatic rings. The summed E-state index contributed by atoms with van der Waals surface area (Å²) in [6.45, 7) is 7.64. The van der Waals surface area contributed by atoms with Gasteiger partial charge < -0.3 is 10.1 Å². The third kappa shape index (κ3) is 4.78. The van der Waals surface area contributed by atoms with Gasteiger partial charge in [-0.25, -0.2) is 0 Å². The quantitative estimate of drug-likeness (QED) is 0.752. The zero-order valence-electron chi connectivity index (χ0n) is 13.1. The summed E-state index contributed by atoms with van der Waals surface area (Å²) in [5.41, 5.74) is 0. The maximum atomic E-state index is 12.2. The van der Waals surface area contributed by atoms with Crippen molar-refractivity contribution in [3.8, 4) is 0 Å². The smallest absolute Gasteiger partial charge is 0.308 e. The van der Waals surface area contributed by atoms with Gasteiger partial charge in [0.25, 0.3) is 0 Å². The molecule has 1 heterocycles. The van der Waals surface area contributed by atoms with Crippen molar-refractivity contribution < 1.29 is 14.3 Å². The van der Waals surface area contributed by atoms with Gasteiger partial charge in [0.2, 0.25) is 5.91 Å². The van der Waals surface area contributed by atoms with Crippen LogP contribution in [-0.4, -0.2) is 49.1 Å². The first-order chi connectivity index (χ1) is 9.49. The lowest BCUT2D eigenvalue weighted by molar-refractivity contribution is -0.147. The number of carbonyl (C=O) groups is 2. The second kappa shape index (κ2) is 8.25. The van der Waals surface area contributed by atoms with Crippen LogP contribution in [-0.2, 0) is 14.3 Å². The molecule has 1 amide bonds. The molecule has 0 saturated carbocycles. The summed E-state index contributed by atoms with van der Waals surface area (Å²) in [5, 5.41) is 3.05. The molecule has 0 aromatic carbocycles. The molecule has 0 bridgehead atoms. The summed E-state index contributed by atoms with van der Waals surface area (Å²) < 4.78 is 4.78. The van der Waals surface area contributed by atoms with E-state index in [-0.39, 0.29) is 29.9 Å². The van der Waals surface area contributed by atoms with Crippen molar-refractivity contribution in [1.82, 2.24) is 10.2 Å². The Balaban J connectivity index is 2.40. The van der Waals surface area contributed by atoms with Crippen LogP contribution < -0.4 is 5.32 Å². The summed E-state index contributed by atoms with van der Waals surface area (Å²) in [7, 11) is 1.43. The molecule has 0 spiro atoms. The first-order valence-corrected chi connectivity index (χ1v) is 7.61. The summed E-state index contributed by atoms with van der Waals surface area (Å²) in [5.74, 6) is -0.0497. The van der Waals surface area contributed by atoms with Crippen LogP contribution in [0.3, 0.4) is 0 Å². The van der Waals surface area contributed by atoms with Crippen LogP contribution in [0.4, 0.5) is 0 Å². The molecule has 1 aliphatic heterocycles. The largest absolute Gasteiger partial charge is 0.469 e. The molecule has 0 radical (unpaired) electrons. The minimum atomic E-state index is -0.132. The van der Waals surface area contributed by atoms with Gasteiger partial charge in [0.15, 0.2) is 0 Å². The molecular weight excluding hydrogens is 256 g/mol. The predicted octanol–water partition coefficient (Wildman–Crippen LogP) is 1.56. The fourth-order valence-corrected chi connectivity index (χ4v) is 2.72. The first-order valence-electron chi connectivity index (χ1n) is 7.61. The Morgan fingerprint density at radius 1 is 1.30 bits per heavy atom. The Morgan fingerprint density at radius 3 is 2.40 bits per heavy atom. The molecule has 2 atom stereocenters. The van der Waals surface area contributed by atoms with E-state index in [0.717, 1.165) is 38.8 Å². The maximum absolute atomic E-state index is 12.2. The maximum Gasteiger partial charge on any atom is 0.308 e. The van der Waals surface area contributed by atoms with E-state index in [4.69, 9.17) is 4.74 Å². The van der Waals surface area contributed by atoms with Gasteiger partial charge in [-0.05, 0) is 46.2 Å². The minimum Gasteiger partial charge on any atom is -0.469 e. The number of nitrogens with one attached hydrogen (secondary N) is 1. The van der Waals surface area contributed by atoms with Crippen LogP contribution in [0.15, 0.2) is 0 Å². The zero-order valence-corrected chi connectivity index (χ0v) is 13.1. The van der Waals surface area contributed by atoms with E-state index in [1.807, 2.05) is 13.8 Å². The Morgan fingerprint density at radius 2 is 1.90 bits per heavy atom. The number of rotatable bonds is 6. The molecule has 1 saturated heterocycles. The van der Waals surface area contributed by atoms with Gasteiger partial charge in [-0.1, -0.05) is 13.3 Å². The lowest BCUT2D eigenvalue weighted by Gasteiger charge is -2.34. The number of hydrogen-bond donors (Lipinski definition) is 1. The number of amides is 1. The van der Waals surface area contributed by atoms with Gasteiger partial charge in [0, 0.05) is 6.04 Å². The van der Waals surface area contributed by atoms with Crippen molar-refractivity contribution in [2.24, 2.45) is 5.92 Å². The van der Waals surface area contributed by atoms with Gasteiger partial charge >= 0.3 is 5.97 Å². The Labute approximate surface area is 122 Å². The van der Waals surface area contributed by atoms with E-state index < -0.39 is 0 Å². The molecule has 20 heavy (non-hydrogen) atoms. The molecule has 2 unspecified atom stereocenters. The fourth-order valence-electron chi connectivity index (χ4n) is 2.72. The number of piperidine rings is 1. The number of esters is 1. The van der Waals surface area contributed by atoms with Gasteiger partial charge in [-0.2, -0.15) is 0 Å². The van der Waals surface area contributed by atoms with Crippen molar-refractivity contribution in [3.05, 3.63) is 0 Å². The third-order valence-corrected chi connectivity index (χ3v) is 4.10. The number of carbonyl (C=O) groups excluding carboxylic acids is 2. The second-order valence-corrected chi connectivity index (χ2v) is 5.71. The number of nitrogens with zero attached hydrogens (tertiary/aromatic N) is 1. The van der Waals surface area contributed by atoms with E-state index in [1.165, 1.54) is 7.11 Å². The highest BCUT2D eigenvalue weighted by molar-refractivity contribution is 5.81.